The zero-order valence-corrected chi connectivity index (χ0v) is 8.53. The van der Waals surface area contributed by atoms with Crippen LogP contribution in [0.3, 0.4) is 0 Å². The van der Waals surface area contributed by atoms with Gasteiger partial charge in [0, 0.05) is 13.2 Å². The standard InChI is InChI=1S/C9H16N4O/c1-3-8(10)9(14)11-6-7-4-5-12-13(7)2/h4-5,8H,3,6,10H2,1-2H3,(H,11,14)/t8-/m0/s1. The summed E-state index contributed by atoms with van der Waals surface area (Å²) in [5.41, 5.74) is 6.52. The predicted octanol–water partition coefficient (Wildman–Crippen LogP) is -0.226. The smallest absolute Gasteiger partial charge is 0.237 e. The molecule has 1 aromatic heterocycles. The molecule has 0 bridgehead atoms. The Kier molecular flexibility index (Phi) is 3.64. The van der Waals surface area contributed by atoms with Crippen LogP contribution in [0.2, 0.25) is 0 Å². The molecule has 0 unspecified atom stereocenters. The van der Waals surface area contributed by atoms with Crippen LogP contribution in [-0.2, 0) is 18.4 Å². The highest BCUT2D eigenvalue weighted by Crippen LogP contribution is 1.95. The van der Waals surface area contributed by atoms with Crippen molar-refractivity contribution in [1.82, 2.24) is 15.1 Å². The summed E-state index contributed by atoms with van der Waals surface area (Å²) in [5, 5.41) is 6.75. The SMILES string of the molecule is CC[C@H](N)C(=O)NCc1ccnn1C. The number of nitrogens with zero attached hydrogens (tertiary/aromatic N) is 2. The van der Waals surface area contributed by atoms with Gasteiger partial charge in [-0.15, -0.1) is 0 Å². The summed E-state index contributed by atoms with van der Waals surface area (Å²) in [6, 6.07) is 1.45. The molecular weight excluding hydrogens is 180 g/mol. The third kappa shape index (κ3) is 2.56. The summed E-state index contributed by atoms with van der Waals surface area (Å²) < 4.78 is 1.72. The van der Waals surface area contributed by atoms with Crippen LogP contribution in [0.4, 0.5) is 0 Å². The fourth-order valence-electron chi connectivity index (χ4n) is 1.07. The second-order valence-corrected chi connectivity index (χ2v) is 3.18. The summed E-state index contributed by atoms with van der Waals surface area (Å²) in [4.78, 5) is 11.3. The van der Waals surface area contributed by atoms with Gasteiger partial charge >= 0.3 is 0 Å². The van der Waals surface area contributed by atoms with E-state index in [1.165, 1.54) is 0 Å². The Bertz CT molecular complexity index is 308. The fraction of sp³-hybridized carbons (Fsp3) is 0.556. The number of aryl methyl sites for hydroxylation is 1. The number of carbonyl (C=O) groups excluding carboxylic acids is 1. The van der Waals surface area contributed by atoms with Crippen LogP contribution in [0.5, 0.6) is 0 Å². The molecule has 0 aliphatic carbocycles. The Hall–Kier alpha value is -1.36. The molecule has 1 amide bonds. The van der Waals surface area contributed by atoms with Gasteiger partial charge in [0.05, 0.1) is 18.3 Å². The molecule has 0 radical (unpaired) electrons. The molecule has 1 atom stereocenters. The summed E-state index contributed by atoms with van der Waals surface area (Å²) in [5.74, 6) is -0.117. The number of amides is 1. The molecule has 1 aromatic rings. The Morgan fingerprint density at radius 2 is 2.50 bits per heavy atom. The maximum atomic E-state index is 11.3. The lowest BCUT2D eigenvalue weighted by molar-refractivity contribution is -0.122. The topological polar surface area (TPSA) is 72.9 Å². The lowest BCUT2D eigenvalue weighted by atomic mass is 10.2. The maximum Gasteiger partial charge on any atom is 0.237 e. The number of nitrogens with two attached hydrogens (primary N) is 1. The lowest BCUT2D eigenvalue weighted by Gasteiger charge is -2.09. The van der Waals surface area contributed by atoms with Crippen molar-refractivity contribution in [1.29, 1.82) is 0 Å². The third-order valence-electron chi connectivity index (χ3n) is 2.14. The van der Waals surface area contributed by atoms with Gasteiger partial charge in [-0.1, -0.05) is 6.92 Å². The zero-order chi connectivity index (χ0) is 10.6. The molecule has 0 saturated carbocycles. The van der Waals surface area contributed by atoms with Gasteiger partial charge in [0.15, 0.2) is 0 Å². The molecule has 5 nitrogen and oxygen atoms in total. The van der Waals surface area contributed by atoms with Crippen LogP contribution in [0.15, 0.2) is 12.3 Å². The molecular formula is C9H16N4O. The summed E-state index contributed by atoms with van der Waals surface area (Å²) >= 11 is 0. The number of carbonyl (C=O) groups is 1. The predicted molar refractivity (Wildman–Crippen MR) is 53.3 cm³/mol. The summed E-state index contributed by atoms with van der Waals surface area (Å²) in [6.07, 6.45) is 2.35. The van der Waals surface area contributed by atoms with Crippen LogP contribution in [-0.4, -0.2) is 21.7 Å². The summed E-state index contributed by atoms with van der Waals surface area (Å²) in [6.45, 7) is 2.36. The average molecular weight is 196 g/mol. The molecule has 0 spiro atoms. The van der Waals surface area contributed by atoms with E-state index in [0.717, 1.165) is 5.69 Å². The molecule has 14 heavy (non-hydrogen) atoms. The van der Waals surface area contributed by atoms with Crippen molar-refractivity contribution in [3.05, 3.63) is 18.0 Å². The van der Waals surface area contributed by atoms with Crippen molar-refractivity contribution in [3.63, 3.8) is 0 Å². The van der Waals surface area contributed by atoms with Gasteiger partial charge in [0.2, 0.25) is 5.91 Å². The molecule has 1 rings (SSSR count). The maximum absolute atomic E-state index is 11.3. The Labute approximate surface area is 83.3 Å². The molecule has 78 valence electrons. The minimum Gasteiger partial charge on any atom is -0.349 e. The van der Waals surface area contributed by atoms with Crippen molar-refractivity contribution < 1.29 is 4.79 Å². The second kappa shape index (κ2) is 4.76. The van der Waals surface area contributed by atoms with Crippen molar-refractivity contribution >= 4 is 5.91 Å². The van der Waals surface area contributed by atoms with Crippen LogP contribution in [0.25, 0.3) is 0 Å². The summed E-state index contributed by atoms with van der Waals surface area (Å²) in [7, 11) is 1.83. The van der Waals surface area contributed by atoms with Gasteiger partial charge < -0.3 is 11.1 Å². The molecule has 0 aliphatic heterocycles. The first-order valence-electron chi connectivity index (χ1n) is 4.65. The molecule has 5 heteroatoms. The number of nitrogens with one attached hydrogen (secondary N) is 1. The Morgan fingerprint density at radius 1 is 1.79 bits per heavy atom. The largest absolute Gasteiger partial charge is 0.349 e. The molecule has 0 fully saturated rings. The molecule has 1 heterocycles. The van der Waals surface area contributed by atoms with Gasteiger partial charge in [-0.3, -0.25) is 9.48 Å². The van der Waals surface area contributed by atoms with E-state index in [9.17, 15) is 4.79 Å². The molecule has 0 saturated heterocycles. The lowest BCUT2D eigenvalue weighted by Crippen LogP contribution is -2.39. The van der Waals surface area contributed by atoms with E-state index in [0.29, 0.717) is 13.0 Å². The Morgan fingerprint density at radius 3 is 3.00 bits per heavy atom. The van der Waals surface area contributed by atoms with Crippen molar-refractivity contribution in [2.24, 2.45) is 12.8 Å². The fourth-order valence-corrected chi connectivity index (χ4v) is 1.07. The average Bonchev–Trinajstić information content (AvgIpc) is 2.59. The van der Waals surface area contributed by atoms with E-state index in [-0.39, 0.29) is 5.91 Å². The van der Waals surface area contributed by atoms with Crippen LogP contribution < -0.4 is 11.1 Å². The van der Waals surface area contributed by atoms with Crippen molar-refractivity contribution in [3.8, 4) is 0 Å². The number of rotatable bonds is 4. The normalized spacial score (nSPS) is 12.5. The first kappa shape index (κ1) is 10.7. The highest BCUT2D eigenvalue weighted by atomic mass is 16.2. The second-order valence-electron chi connectivity index (χ2n) is 3.18. The van der Waals surface area contributed by atoms with E-state index in [1.807, 2.05) is 20.0 Å². The minimum absolute atomic E-state index is 0.117. The van der Waals surface area contributed by atoms with E-state index in [4.69, 9.17) is 5.73 Å². The minimum atomic E-state index is -0.414. The van der Waals surface area contributed by atoms with Crippen LogP contribution in [0, 0.1) is 0 Å². The first-order valence-corrected chi connectivity index (χ1v) is 4.65. The highest BCUT2D eigenvalue weighted by molar-refractivity contribution is 5.81. The molecule has 0 aliphatic rings. The van der Waals surface area contributed by atoms with Gasteiger partial charge in [0.25, 0.3) is 0 Å². The third-order valence-corrected chi connectivity index (χ3v) is 2.14. The number of hydrogen-bond donors (Lipinski definition) is 2. The van der Waals surface area contributed by atoms with Crippen LogP contribution >= 0.6 is 0 Å². The van der Waals surface area contributed by atoms with E-state index < -0.39 is 6.04 Å². The number of hydrogen-bond acceptors (Lipinski definition) is 3. The molecule has 3 N–H and O–H groups in total. The van der Waals surface area contributed by atoms with Crippen molar-refractivity contribution in [2.75, 3.05) is 0 Å². The monoisotopic (exact) mass is 196 g/mol. The highest BCUT2D eigenvalue weighted by Gasteiger charge is 2.10. The van der Waals surface area contributed by atoms with E-state index in [2.05, 4.69) is 10.4 Å². The van der Waals surface area contributed by atoms with Gasteiger partial charge in [0.1, 0.15) is 0 Å². The number of aromatic nitrogens is 2. The van der Waals surface area contributed by atoms with Gasteiger partial charge in [-0.2, -0.15) is 5.10 Å². The van der Waals surface area contributed by atoms with Crippen LogP contribution in [0.1, 0.15) is 19.0 Å². The zero-order valence-electron chi connectivity index (χ0n) is 8.53. The van der Waals surface area contributed by atoms with Crippen molar-refractivity contribution in [2.45, 2.75) is 25.9 Å². The van der Waals surface area contributed by atoms with Gasteiger partial charge in [-0.05, 0) is 12.5 Å². The Balaban J connectivity index is 2.41. The molecule has 0 aromatic carbocycles. The van der Waals surface area contributed by atoms with E-state index in [1.54, 1.807) is 10.9 Å². The van der Waals surface area contributed by atoms with E-state index >= 15 is 0 Å². The quantitative estimate of drug-likeness (QED) is 0.699. The van der Waals surface area contributed by atoms with Gasteiger partial charge in [-0.25, -0.2) is 0 Å². The first-order chi connectivity index (χ1) is 6.65.